The zero-order chi connectivity index (χ0) is 10.2. The van der Waals surface area contributed by atoms with Gasteiger partial charge in [-0.3, -0.25) is 0 Å². The summed E-state index contributed by atoms with van der Waals surface area (Å²) in [7, 11) is 0. The Kier molecular flexibility index (Phi) is 6.15. The normalized spacial score (nSPS) is 27.0. The predicted molar refractivity (Wildman–Crippen MR) is 59.6 cm³/mol. The van der Waals surface area contributed by atoms with Crippen LogP contribution in [0.2, 0.25) is 0 Å². The molecule has 0 saturated carbocycles. The highest BCUT2D eigenvalue weighted by Gasteiger charge is 2.23. The van der Waals surface area contributed by atoms with Crippen LogP contribution in [0, 0.1) is 5.92 Å². The van der Waals surface area contributed by atoms with Gasteiger partial charge in [-0.1, -0.05) is 6.92 Å². The van der Waals surface area contributed by atoms with E-state index in [2.05, 4.69) is 24.5 Å². The molecule has 1 heterocycles. The number of hydrogen-bond donors (Lipinski definition) is 2. The molecule has 0 radical (unpaired) electrons. The van der Waals surface area contributed by atoms with E-state index in [0.29, 0.717) is 6.10 Å². The molecule has 1 saturated heterocycles. The van der Waals surface area contributed by atoms with Crippen molar-refractivity contribution in [3.63, 3.8) is 0 Å². The molecule has 84 valence electrons. The molecule has 0 amide bonds. The first-order chi connectivity index (χ1) is 6.84. The lowest BCUT2D eigenvalue weighted by molar-refractivity contribution is 0.105. The summed E-state index contributed by atoms with van der Waals surface area (Å²) in [5.74, 6) is 0.723. The molecule has 2 N–H and O–H groups in total. The SMILES string of the molecule is CCCNCCNCC1CCOC1C. The highest BCUT2D eigenvalue weighted by molar-refractivity contribution is 4.74. The lowest BCUT2D eigenvalue weighted by Gasteiger charge is -2.14. The zero-order valence-electron chi connectivity index (χ0n) is 9.51. The molecule has 0 spiro atoms. The van der Waals surface area contributed by atoms with Crippen LogP contribution in [0.4, 0.5) is 0 Å². The Morgan fingerprint density at radius 1 is 1.21 bits per heavy atom. The van der Waals surface area contributed by atoms with E-state index in [1.54, 1.807) is 0 Å². The summed E-state index contributed by atoms with van der Waals surface area (Å²) >= 11 is 0. The standard InChI is InChI=1S/C11H24N2O/c1-3-5-12-6-7-13-9-11-4-8-14-10(11)2/h10-13H,3-9H2,1-2H3. The van der Waals surface area contributed by atoms with Gasteiger partial charge >= 0.3 is 0 Å². The molecule has 1 rings (SSSR count). The van der Waals surface area contributed by atoms with Crippen LogP contribution in [0.15, 0.2) is 0 Å². The van der Waals surface area contributed by atoms with Crippen molar-refractivity contribution < 1.29 is 4.74 Å². The molecule has 14 heavy (non-hydrogen) atoms. The Labute approximate surface area is 87.6 Å². The van der Waals surface area contributed by atoms with E-state index in [9.17, 15) is 0 Å². The minimum atomic E-state index is 0.450. The molecular formula is C11H24N2O. The van der Waals surface area contributed by atoms with Crippen LogP contribution in [0.1, 0.15) is 26.7 Å². The molecule has 0 aromatic carbocycles. The number of nitrogens with one attached hydrogen (secondary N) is 2. The maximum Gasteiger partial charge on any atom is 0.0588 e. The topological polar surface area (TPSA) is 33.3 Å². The van der Waals surface area contributed by atoms with Crippen LogP contribution < -0.4 is 10.6 Å². The lowest BCUT2D eigenvalue weighted by atomic mass is 10.0. The van der Waals surface area contributed by atoms with Gasteiger partial charge < -0.3 is 15.4 Å². The Morgan fingerprint density at radius 2 is 2.00 bits per heavy atom. The lowest BCUT2D eigenvalue weighted by Crippen LogP contribution is -2.32. The summed E-state index contributed by atoms with van der Waals surface area (Å²) in [4.78, 5) is 0. The zero-order valence-corrected chi connectivity index (χ0v) is 9.51. The predicted octanol–water partition coefficient (Wildman–Crippen LogP) is 1.00. The van der Waals surface area contributed by atoms with Crippen molar-refractivity contribution in [1.29, 1.82) is 0 Å². The molecule has 0 aromatic rings. The Hall–Kier alpha value is -0.120. The van der Waals surface area contributed by atoms with Gasteiger partial charge in [0.05, 0.1) is 6.10 Å². The fraction of sp³-hybridized carbons (Fsp3) is 1.00. The Bertz CT molecular complexity index is 141. The summed E-state index contributed by atoms with van der Waals surface area (Å²) in [6, 6.07) is 0. The van der Waals surface area contributed by atoms with Gasteiger partial charge in [0.2, 0.25) is 0 Å². The van der Waals surface area contributed by atoms with E-state index in [1.807, 2.05) is 0 Å². The molecule has 0 bridgehead atoms. The van der Waals surface area contributed by atoms with Crippen LogP contribution >= 0.6 is 0 Å². The maximum absolute atomic E-state index is 5.51. The molecule has 1 aliphatic rings. The van der Waals surface area contributed by atoms with E-state index in [-0.39, 0.29) is 0 Å². The van der Waals surface area contributed by atoms with Crippen molar-refractivity contribution in [2.75, 3.05) is 32.8 Å². The highest BCUT2D eigenvalue weighted by Crippen LogP contribution is 2.18. The third kappa shape index (κ3) is 4.40. The van der Waals surface area contributed by atoms with Gasteiger partial charge in [-0.15, -0.1) is 0 Å². The molecule has 0 aliphatic carbocycles. The van der Waals surface area contributed by atoms with Crippen LogP contribution in [-0.2, 0) is 4.74 Å². The molecule has 2 atom stereocenters. The Balaban J connectivity index is 1.88. The van der Waals surface area contributed by atoms with Crippen molar-refractivity contribution in [2.45, 2.75) is 32.8 Å². The average molecular weight is 200 g/mol. The van der Waals surface area contributed by atoms with Crippen LogP contribution in [0.5, 0.6) is 0 Å². The smallest absolute Gasteiger partial charge is 0.0588 e. The van der Waals surface area contributed by atoms with Crippen LogP contribution in [0.3, 0.4) is 0 Å². The fourth-order valence-corrected chi connectivity index (χ4v) is 1.81. The molecule has 2 unspecified atom stereocenters. The summed E-state index contributed by atoms with van der Waals surface area (Å²) in [6.07, 6.45) is 2.88. The molecule has 1 fully saturated rings. The van der Waals surface area contributed by atoms with Crippen molar-refractivity contribution in [1.82, 2.24) is 10.6 Å². The molecule has 3 heteroatoms. The van der Waals surface area contributed by atoms with E-state index in [0.717, 1.165) is 38.7 Å². The average Bonchev–Trinajstić information content (AvgIpc) is 2.58. The quantitative estimate of drug-likeness (QED) is 0.602. The van der Waals surface area contributed by atoms with Crippen LogP contribution in [-0.4, -0.2) is 38.9 Å². The van der Waals surface area contributed by atoms with E-state index in [4.69, 9.17) is 4.74 Å². The number of rotatable bonds is 7. The van der Waals surface area contributed by atoms with Gasteiger partial charge in [-0.05, 0) is 32.2 Å². The van der Waals surface area contributed by atoms with Gasteiger partial charge in [0.1, 0.15) is 0 Å². The molecule has 1 aliphatic heterocycles. The molecule has 3 nitrogen and oxygen atoms in total. The van der Waals surface area contributed by atoms with Gasteiger partial charge in [0.25, 0.3) is 0 Å². The van der Waals surface area contributed by atoms with E-state index in [1.165, 1.54) is 12.8 Å². The second-order valence-electron chi connectivity index (χ2n) is 4.08. The second-order valence-corrected chi connectivity index (χ2v) is 4.08. The minimum absolute atomic E-state index is 0.450. The summed E-state index contributed by atoms with van der Waals surface area (Å²) in [5.41, 5.74) is 0. The third-order valence-corrected chi connectivity index (χ3v) is 2.85. The van der Waals surface area contributed by atoms with Crippen molar-refractivity contribution in [3.05, 3.63) is 0 Å². The molecular weight excluding hydrogens is 176 g/mol. The van der Waals surface area contributed by atoms with Crippen molar-refractivity contribution >= 4 is 0 Å². The minimum Gasteiger partial charge on any atom is -0.378 e. The van der Waals surface area contributed by atoms with Crippen molar-refractivity contribution in [3.8, 4) is 0 Å². The van der Waals surface area contributed by atoms with E-state index < -0.39 is 0 Å². The second kappa shape index (κ2) is 7.21. The van der Waals surface area contributed by atoms with Gasteiger partial charge in [-0.2, -0.15) is 0 Å². The summed E-state index contributed by atoms with van der Waals surface area (Å²) in [6.45, 7) is 9.70. The molecule has 0 aromatic heterocycles. The summed E-state index contributed by atoms with van der Waals surface area (Å²) < 4.78 is 5.51. The first-order valence-electron chi connectivity index (χ1n) is 5.87. The van der Waals surface area contributed by atoms with E-state index >= 15 is 0 Å². The van der Waals surface area contributed by atoms with Gasteiger partial charge in [0.15, 0.2) is 0 Å². The Morgan fingerprint density at radius 3 is 2.64 bits per heavy atom. The monoisotopic (exact) mass is 200 g/mol. The van der Waals surface area contributed by atoms with Gasteiger partial charge in [0, 0.05) is 26.2 Å². The largest absolute Gasteiger partial charge is 0.378 e. The van der Waals surface area contributed by atoms with Crippen molar-refractivity contribution in [2.24, 2.45) is 5.92 Å². The van der Waals surface area contributed by atoms with Crippen LogP contribution in [0.25, 0.3) is 0 Å². The first-order valence-corrected chi connectivity index (χ1v) is 5.87. The third-order valence-electron chi connectivity index (χ3n) is 2.85. The number of hydrogen-bond acceptors (Lipinski definition) is 3. The highest BCUT2D eigenvalue weighted by atomic mass is 16.5. The summed E-state index contributed by atoms with van der Waals surface area (Å²) in [5, 5.41) is 6.85. The maximum atomic E-state index is 5.51. The first kappa shape index (κ1) is 12.0. The fourth-order valence-electron chi connectivity index (χ4n) is 1.81. The van der Waals surface area contributed by atoms with Gasteiger partial charge in [-0.25, -0.2) is 0 Å². The number of ether oxygens (including phenoxy) is 1.